The van der Waals surface area contributed by atoms with E-state index in [1.54, 1.807) is 25.3 Å². The largest absolute Gasteiger partial charge is 0.465 e. The molecule has 9 heteroatoms. The summed E-state index contributed by atoms with van der Waals surface area (Å²) in [5, 5.41) is 3.06. The van der Waals surface area contributed by atoms with E-state index in [1.165, 1.54) is 0 Å². The van der Waals surface area contributed by atoms with Crippen LogP contribution in [-0.4, -0.2) is 68.3 Å². The first-order valence-corrected chi connectivity index (χ1v) is 13.0. The first kappa shape index (κ1) is 26.8. The lowest BCUT2D eigenvalue weighted by Crippen LogP contribution is -2.42. The van der Waals surface area contributed by atoms with Crippen LogP contribution in [0.3, 0.4) is 0 Å². The van der Waals surface area contributed by atoms with Gasteiger partial charge in [0.15, 0.2) is 0 Å². The van der Waals surface area contributed by atoms with Gasteiger partial charge in [-0.1, -0.05) is 32.9 Å². The molecule has 1 aromatic heterocycles. The third-order valence-electron chi connectivity index (χ3n) is 5.72. The molecule has 1 N–H and O–H groups in total. The van der Waals surface area contributed by atoms with Gasteiger partial charge in [-0.2, -0.15) is 0 Å². The minimum Gasteiger partial charge on any atom is -0.465 e. The summed E-state index contributed by atoms with van der Waals surface area (Å²) in [6, 6.07) is -0.761. The molecule has 1 aliphatic rings. The first-order valence-electron chi connectivity index (χ1n) is 11.4. The number of methoxy groups -OCH3 is 1. The van der Waals surface area contributed by atoms with Gasteiger partial charge in [-0.15, -0.1) is 0 Å². The highest BCUT2D eigenvalue weighted by Gasteiger charge is 2.39. The molecule has 1 heterocycles. The normalized spacial score (nSPS) is 20.9. The predicted molar refractivity (Wildman–Crippen MR) is 128 cm³/mol. The predicted octanol–water partition coefficient (Wildman–Crippen LogP) is 3.91. The van der Waals surface area contributed by atoms with Crippen molar-refractivity contribution in [2.45, 2.75) is 59.1 Å². The zero-order chi connectivity index (χ0) is 24.1. The molecule has 0 saturated heterocycles. The summed E-state index contributed by atoms with van der Waals surface area (Å²) in [5.74, 6) is -0.603. The van der Waals surface area contributed by atoms with Crippen LogP contribution in [0, 0.1) is 5.92 Å². The molecule has 4 unspecified atom stereocenters. The molecule has 4 atom stereocenters. The molecule has 0 amide bonds. The van der Waals surface area contributed by atoms with Crippen molar-refractivity contribution in [3.05, 3.63) is 29.1 Å². The van der Waals surface area contributed by atoms with E-state index in [0.29, 0.717) is 0 Å². The fourth-order valence-electron chi connectivity index (χ4n) is 4.00. The van der Waals surface area contributed by atoms with E-state index in [0.717, 1.165) is 29.8 Å². The smallest absolute Gasteiger partial charge is 0.373 e. The Morgan fingerprint density at radius 1 is 1.28 bits per heavy atom. The molecular weight excluding hydrogens is 429 g/mol. The maximum Gasteiger partial charge on any atom is 0.373 e. The number of carbonyl (C=O) groups excluding carboxylic acids is 1. The second-order valence-corrected chi connectivity index (χ2v) is 10.7. The van der Waals surface area contributed by atoms with Gasteiger partial charge in [-0.25, -0.2) is 9.65 Å². The number of rotatable bonds is 12. The molecule has 1 aliphatic carbocycles. The second kappa shape index (κ2) is 11.6. The van der Waals surface area contributed by atoms with Crippen molar-refractivity contribution in [2.24, 2.45) is 5.92 Å². The van der Waals surface area contributed by atoms with Crippen LogP contribution in [0.5, 0.6) is 0 Å². The third-order valence-corrected chi connectivity index (χ3v) is 7.83. The van der Waals surface area contributed by atoms with Gasteiger partial charge < -0.3 is 18.9 Å². The molecule has 0 fully saturated rings. The number of fused-ring (bicyclic) bond motifs is 1. The summed E-state index contributed by atoms with van der Waals surface area (Å²) in [5.41, 5.74) is 3.03. The number of nitrogens with one attached hydrogen (secondary N) is 1. The Balaban J connectivity index is 2.60. The van der Waals surface area contributed by atoms with Crippen LogP contribution in [0.15, 0.2) is 12.3 Å². The van der Waals surface area contributed by atoms with Gasteiger partial charge in [0, 0.05) is 31.5 Å². The number of nitrogens with zero attached hydrogens (tertiary/aromatic N) is 2. The lowest BCUT2D eigenvalue weighted by atomic mass is 9.90. The number of hydrogen-bond acceptors (Lipinski definition) is 6. The van der Waals surface area contributed by atoms with Gasteiger partial charge in [0.25, 0.3) is 0 Å². The highest BCUT2D eigenvalue weighted by atomic mass is 31.2. The van der Waals surface area contributed by atoms with Gasteiger partial charge in [0.2, 0.25) is 0 Å². The van der Waals surface area contributed by atoms with E-state index < -0.39 is 19.7 Å². The lowest BCUT2D eigenvalue weighted by molar-refractivity contribution is -0.146. The number of hydrogen-bond donors (Lipinski definition) is 1. The van der Waals surface area contributed by atoms with Crippen LogP contribution in [0.4, 0.5) is 0 Å². The molecule has 32 heavy (non-hydrogen) atoms. The van der Waals surface area contributed by atoms with E-state index >= 15 is 0 Å². The number of esters is 1. The fraction of sp³-hybridized carbons (Fsp3) is 0.696. The molecule has 182 valence electrons. The van der Waals surface area contributed by atoms with E-state index in [-0.39, 0.29) is 31.2 Å². The Bertz CT molecular complexity index is 849. The van der Waals surface area contributed by atoms with E-state index in [1.807, 2.05) is 46.3 Å². The van der Waals surface area contributed by atoms with Gasteiger partial charge in [0.05, 0.1) is 19.3 Å². The minimum atomic E-state index is -3.66. The van der Waals surface area contributed by atoms with Crippen molar-refractivity contribution in [3.63, 3.8) is 0 Å². The summed E-state index contributed by atoms with van der Waals surface area (Å²) >= 11 is 0. The summed E-state index contributed by atoms with van der Waals surface area (Å²) in [7, 11) is 2.08. The Morgan fingerprint density at radius 2 is 1.97 bits per heavy atom. The van der Waals surface area contributed by atoms with Crippen molar-refractivity contribution < 1.29 is 23.4 Å². The van der Waals surface area contributed by atoms with E-state index in [2.05, 4.69) is 16.9 Å². The Morgan fingerprint density at radius 3 is 2.50 bits per heavy atom. The average Bonchev–Trinajstić information content (AvgIpc) is 3.11. The maximum absolute atomic E-state index is 14.3. The van der Waals surface area contributed by atoms with Gasteiger partial charge in [-0.3, -0.25) is 9.13 Å². The lowest BCUT2D eigenvalue weighted by Gasteiger charge is -2.31. The summed E-state index contributed by atoms with van der Waals surface area (Å²) < 4.78 is 32.8. The maximum atomic E-state index is 14.3. The van der Waals surface area contributed by atoms with Crippen LogP contribution in [0.25, 0.3) is 6.08 Å². The van der Waals surface area contributed by atoms with Crippen molar-refractivity contribution in [2.75, 3.05) is 41.0 Å². The molecule has 0 spiro atoms. The van der Waals surface area contributed by atoms with E-state index in [4.69, 9.17) is 14.0 Å². The topological polar surface area (TPSA) is 82.0 Å². The SMILES string of the molecule is CCOC(=O)C(NP(=O)(OCC)n1cc(CCN(C)C)c2c1C(C)C(OC)C=C2)C(C)C. The number of carbonyl (C=O) groups is 1. The van der Waals surface area contributed by atoms with Gasteiger partial charge >= 0.3 is 13.6 Å². The highest BCUT2D eigenvalue weighted by molar-refractivity contribution is 7.55. The number of ether oxygens (including phenoxy) is 2. The Hall–Kier alpha value is -1.44. The molecule has 2 rings (SSSR count). The molecule has 0 bridgehead atoms. The highest BCUT2D eigenvalue weighted by Crippen LogP contribution is 2.51. The molecule has 0 aliphatic heterocycles. The fourth-order valence-corrected chi connectivity index (χ4v) is 6.29. The van der Waals surface area contributed by atoms with Crippen LogP contribution < -0.4 is 5.09 Å². The molecule has 0 radical (unpaired) electrons. The Labute approximate surface area is 192 Å². The quantitative estimate of drug-likeness (QED) is 0.367. The van der Waals surface area contributed by atoms with E-state index in [9.17, 15) is 9.36 Å². The van der Waals surface area contributed by atoms with Crippen molar-refractivity contribution in [3.8, 4) is 0 Å². The zero-order valence-corrected chi connectivity index (χ0v) is 21.6. The summed E-state index contributed by atoms with van der Waals surface area (Å²) in [6.07, 6.45) is 6.67. The van der Waals surface area contributed by atoms with Crippen molar-refractivity contribution >= 4 is 19.7 Å². The van der Waals surface area contributed by atoms with Gasteiger partial charge in [0.1, 0.15) is 6.04 Å². The standard InChI is InChI=1S/C23H40N3O5P/c1-9-30-23(27)21(16(3)4)24-32(28,31-10-2)26-15-18(13-14-25(6)7)19-11-12-20(29-8)17(5)22(19)26/h11-12,15-17,20-21H,9-10,13-14H2,1-8H3,(H,24,28). The molecule has 0 saturated carbocycles. The Kier molecular flexibility index (Phi) is 9.73. The van der Waals surface area contributed by atoms with Crippen LogP contribution in [-0.2, 0) is 29.8 Å². The van der Waals surface area contributed by atoms with Crippen molar-refractivity contribution in [1.29, 1.82) is 0 Å². The molecule has 1 aromatic rings. The number of likely N-dealkylation sites (N-methyl/N-ethyl adjacent to an activating group) is 1. The summed E-state index contributed by atoms with van der Waals surface area (Å²) in [6.45, 7) is 10.8. The third kappa shape index (κ3) is 5.91. The zero-order valence-electron chi connectivity index (χ0n) is 20.8. The van der Waals surface area contributed by atoms with Gasteiger partial charge in [-0.05, 0) is 51.4 Å². The van der Waals surface area contributed by atoms with Crippen LogP contribution >= 0.6 is 7.67 Å². The second-order valence-electron chi connectivity index (χ2n) is 8.74. The van der Waals surface area contributed by atoms with Crippen molar-refractivity contribution in [1.82, 2.24) is 14.3 Å². The van der Waals surface area contributed by atoms with Crippen LogP contribution in [0.1, 0.15) is 57.4 Å². The molecule has 0 aromatic carbocycles. The monoisotopic (exact) mass is 469 g/mol. The van der Waals surface area contributed by atoms with Crippen LogP contribution in [0.2, 0.25) is 0 Å². The molecule has 8 nitrogen and oxygen atoms in total. The average molecular weight is 470 g/mol. The number of aromatic nitrogens is 1. The minimum absolute atomic E-state index is 0.0382. The molecular formula is C23H40N3O5P. The first-order chi connectivity index (χ1) is 15.1. The summed E-state index contributed by atoms with van der Waals surface area (Å²) in [4.78, 5) is 14.7.